The minimum absolute atomic E-state index is 0.0104. The second-order valence-corrected chi connectivity index (χ2v) is 25.6. The second-order valence-electron chi connectivity index (χ2n) is 25.6. The topological polar surface area (TPSA) is 377 Å². The lowest BCUT2D eigenvalue weighted by Crippen LogP contribution is -2.63. The van der Waals surface area contributed by atoms with Crippen LogP contribution in [0.15, 0.2) is 11.6 Å². The van der Waals surface area contributed by atoms with Crippen LogP contribution in [0.4, 0.5) is 0 Å². The fourth-order valence-electron chi connectivity index (χ4n) is 16.9. The van der Waals surface area contributed by atoms with Crippen molar-refractivity contribution in [2.75, 3.05) is 39.6 Å². The van der Waals surface area contributed by atoms with Crippen molar-refractivity contribution >= 4 is 0 Å². The van der Waals surface area contributed by atoms with Gasteiger partial charge in [-0.2, -0.15) is 0 Å². The van der Waals surface area contributed by atoms with Crippen LogP contribution in [0.5, 0.6) is 0 Å². The third-order valence-electron chi connectivity index (χ3n) is 21.6. The predicted octanol–water partition coefficient (Wildman–Crippen LogP) is -2.59. The minimum atomic E-state index is -1.69. The molecule has 23 nitrogen and oxygen atoms in total. The van der Waals surface area contributed by atoms with Gasteiger partial charge >= 0.3 is 0 Å². The summed E-state index contributed by atoms with van der Waals surface area (Å²) in [6.07, 6.45) is -17.8. The van der Waals surface area contributed by atoms with Gasteiger partial charge in [0.1, 0.15) is 97.7 Å². The first-order valence-electron chi connectivity index (χ1n) is 28.1. The maximum absolute atomic E-state index is 11.2. The highest BCUT2D eigenvalue weighted by Gasteiger charge is 2.82. The second kappa shape index (κ2) is 23.1. The summed E-state index contributed by atoms with van der Waals surface area (Å²) < 4.78 is 46.5. The Morgan fingerprint density at radius 2 is 0.974 bits per heavy atom. The van der Waals surface area contributed by atoms with E-state index in [-0.39, 0.29) is 52.3 Å². The van der Waals surface area contributed by atoms with Gasteiger partial charge in [0.05, 0.1) is 39.1 Å². The summed E-state index contributed by atoms with van der Waals surface area (Å²) in [5.74, 6) is 1.22. The first-order valence-corrected chi connectivity index (χ1v) is 28.1. The van der Waals surface area contributed by atoms with Crippen molar-refractivity contribution in [3.63, 3.8) is 0 Å². The molecule has 444 valence electrons. The van der Waals surface area contributed by atoms with Crippen molar-refractivity contribution in [2.45, 2.75) is 234 Å². The van der Waals surface area contributed by atoms with E-state index in [2.05, 4.69) is 27.7 Å². The number of ether oxygens (including phenoxy) is 8. The molecule has 5 aliphatic carbocycles. The highest BCUT2D eigenvalue weighted by atomic mass is 16.7. The average Bonchev–Trinajstić information content (AvgIpc) is 2.64. The Kier molecular flexibility index (Phi) is 18.1. The van der Waals surface area contributed by atoms with E-state index in [1.54, 1.807) is 0 Å². The lowest BCUT2D eigenvalue weighted by Gasteiger charge is -2.63. The van der Waals surface area contributed by atoms with E-state index in [0.29, 0.717) is 30.6 Å². The predicted molar refractivity (Wildman–Crippen MR) is 264 cm³/mol. The van der Waals surface area contributed by atoms with Gasteiger partial charge in [0.25, 0.3) is 0 Å². The van der Waals surface area contributed by atoms with Crippen LogP contribution in [-0.2, 0) is 37.9 Å². The van der Waals surface area contributed by atoms with E-state index in [1.165, 1.54) is 0 Å². The van der Waals surface area contributed by atoms with E-state index < -0.39 is 149 Å². The molecular weight excluding hydrogens is 1020 g/mol. The molecule has 4 aliphatic heterocycles. The molecule has 15 N–H and O–H groups in total. The fraction of sp³-hybridized carbons (Fsp3) is 0.963. The van der Waals surface area contributed by atoms with Crippen molar-refractivity contribution < 1.29 is 114 Å². The third kappa shape index (κ3) is 10.3. The van der Waals surface area contributed by atoms with Gasteiger partial charge in [-0.15, -0.1) is 0 Å². The highest BCUT2D eigenvalue weighted by molar-refractivity contribution is 5.31. The lowest BCUT2D eigenvalue weighted by atomic mass is 9.41. The molecule has 29 atom stereocenters. The third-order valence-corrected chi connectivity index (χ3v) is 21.6. The molecule has 0 bridgehead atoms. The van der Waals surface area contributed by atoms with Gasteiger partial charge in [0.15, 0.2) is 25.2 Å². The molecule has 9 rings (SSSR count). The molecule has 2 spiro atoms. The van der Waals surface area contributed by atoms with Gasteiger partial charge in [-0.1, -0.05) is 39.3 Å². The Hall–Kier alpha value is -1.18. The zero-order valence-corrected chi connectivity index (χ0v) is 45.0. The number of aliphatic hydroxyl groups excluding tert-OH is 15. The number of hydrogen-bond donors (Lipinski definition) is 15. The molecule has 23 heteroatoms. The maximum atomic E-state index is 11.2. The summed E-state index contributed by atoms with van der Waals surface area (Å²) in [6, 6.07) is 0. The SMILES string of the molecule is CC(=CCCC(CO)C1CCC2(C)C3CCC4C(C)(C)C(OC5OC(COC6OC(CO)C(O)C(O)C6O)C(O)C(O)C5O)CCC45CC35CCC12C)COC1OC(COC2OC(CO)C(O)C(O)C2O)C(O)C(O)C1O. The molecule has 9 aliphatic rings. The van der Waals surface area contributed by atoms with Crippen LogP contribution in [0.1, 0.15) is 105 Å². The lowest BCUT2D eigenvalue weighted by molar-refractivity contribution is -0.343. The number of aliphatic hydroxyl groups is 15. The van der Waals surface area contributed by atoms with Crippen molar-refractivity contribution in [1.82, 2.24) is 0 Å². The summed E-state index contributed by atoms with van der Waals surface area (Å²) in [6.45, 7) is 9.21. The molecule has 0 aromatic carbocycles. The number of allylic oxidation sites excluding steroid dienone is 1. The average molecular weight is 1110 g/mol. The van der Waals surface area contributed by atoms with E-state index in [9.17, 15) is 76.6 Å². The van der Waals surface area contributed by atoms with Crippen molar-refractivity contribution in [3.8, 4) is 0 Å². The highest BCUT2D eigenvalue weighted by Crippen LogP contribution is 2.89. The van der Waals surface area contributed by atoms with Crippen LogP contribution in [-0.4, -0.2) is 245 Å². The van der Waals surface area contributed by atoms with Crippen molar-refractivity contribution in [1.29, 1.82) is 0 Å². The van der Waals surface area contributed by atoms with Gasteiger partial charge < -0.3 is 114 Å². The Bertz CT molecular complexity index is 2020. The van der Waals surface area contributed by atoms with Gasteiger partial charge in [-0.3, -0.25) is 0 Å². The Morgan fingerprint density at radius 1 is 0.506 bits per heavy atom. The van der Waals surface area contributed by atoms with Crippen LogP contribution < -0.4 is 0 Å². The Balaban J connectivity index is 0.779. The Labute approximate surface area is 449 Å². The zero-order chi connectivity index (χ0) is 55.9. The van der Waals surface area contributed by atoms with Crippen LogP contribution in [0.3, 0.4) is 0 Å². The quantitative estimate of drug-likeness (QED) is 0.0495. The molecule has 0 amide bonds. The van der Waals surface area contributed by atoms with E-state index >= 15 is 0 Å². The fourth-order valence-corrected chi connectivity index (χ4v) is 16.9. The summed E-state index contributed by atoms with van der Waals surface area (Å²) >= 11 is 0. The largest absolute Gasteiger partial charge is 0.396 e. The molecule has 5 saturated carbocycles. The van der Waals surface area contributed by atoms with Crippen LogP contribution >= 0.6 is 0 Å². The van der Waals surface area contributed by atoms with Gasteiger partial charge in [0, 0.05) is 6.61 Å². The van der Waals surface area contributed by atoms with Gasteiger partial charge in [-0.05, 0) is 128 Å². The molecule has 77 heavy (non-hydrogen) atoms. The smallest absolute Gasteiger partial charge is 0.187 e. The molecular formula is C54H90O23. The summed E-state index contributed by atoms with van der Waals surface area (Å²) in [4.78, 5) is 0. The molecule has 29 unspecified atom stereocenters. The molecule has 0 aromatic heterocycles. The normalized spacial score (nSPS) is 53.0. The zero-order valence-electron chi connectivity index (χ0n) is 45.0. The molecule has 4 heterocycles. The van der Waals surface area contributed by atoms with Crippen LogP contribution in [0, 0.1) is 50.7 Å². The van der Waals surface area contributed by atoms with Crippen molar-refractivity contribution in [2.24, 2.45) is 50.7 Å². The first kappa shape index (κ1) is 60.4. The standard InChI is InChI=1S/C54H90O23/c1-24(20-70-46-44(68)40(64)36(60)29(75-46)21-71-47-42(66)38(62)34(58)27(18-56)73-47)7-6-8-25(17-55)26-11-13-52(5)32-10-9-31-50(2,3)33(12-14-53(31)23-54(32,53)16-15-51(26,52)4)77-49-45(69)41(65)37(61)30(76-49)22-72-48-43(67)39(63)35(59)28(19-57)74-48/h7,25-49,55-69H,6,8-23H2,1-5H3. The summed E-state index contributed by atoms with van der Waals surface area (Å²) in [5, 5.41) is 157. The first-order chi connectivity index (χ1) is 36.4. The molecule has 4 saturated heterocycles. The van der Waals surface area contributed by atoms with Gasteiger partial charge in [-0.25, -0.2) is 0 Å². The number of hydrogen-bond acceptors (Lipinski definition) is 23. The number of fused-ring (bicyclic) bond motifs is 2. The summed E-state index contributed by atoms with van der Waals surface area (Å²) in [7, 11) is 0. The molecule has 0 aromatic rings. The Morgan fingerprint density at radius 3 is 1.51 bits per heavy atom. The number of rotatable bonds is 18. The molecule has 0 radical (unpaired) electrons. The summed E-state index contributed by atoms with van der Waals surface area (Å²) in [5.41, 5.74) is 0.875. The van der Waals surface area contributed by atoms with Crippen molar-refractivity contribution in [3.05, 3.63) is 11.6 Å². The van der Waals surface area contributed by atoms with Gasteiger partial charge in [0.2, 0.25) is 0 Å². The molecule has 9 fully saturated rings. The van der Waals surface area contributed by atoms with E-state index in [4.69, 9.17) is 37.9 Å². The minimum Gasteiger partial charge on any atom is -0.396 e. The maximum Gasteiger partial charge on any atom is 0.187 e. The van der Waals surface area contributed by atoms with E-state index in [1.807, 2.05) is 13.0 Å². The van der Waals surface area contributed by atoms with E-state index in [0.717, 1.165) is 63.4 Å². The van der Waals surface area contributed by atoms with Crippen LogP contribution in [0.25, 0.3) is 0 Å². The monoisotopic (exact) mass is 1110 g/mol. The van der Waals surface area contributed by atoms with Crippen LogP contribution in [0.2, 0.25) is 0 Å².